The lowest BCUT2D eigenvalue weighted by atomic mass is 10.1. The second-order valence-corrected chi connectivity index (χ2v) is 7.09. The van der Waals surface area contributed by atoms with E-state index in [1.165, 1.54) is 12.4 Å². The van der Waals surface area contributed by atoms with E-state index in [2.05, 4.69) is 34.2 Å². The molecule has 30 heavy (non-hydrogen) atoms. The summed E-state index contributed by atoms with van der Waals surface area (Å²) in [5.74, 6) is -0.558. The summed E-state index contributed by atoms with van der Waals surface area (Å²) in [6.07, 6.45) is 2.74. The van der Waals surface area contributed by atoms with Crippen LogP contribution in [0.2, 0.25) is 0 Å². The summed E-state index contributed by atoms with van der Waals surface area (Å²) in [6, 6.07) is 25.7. The van der Waals surface area contributed by atoms with Crippen molar-refractivity contribution in [3.63, 3.8) is 0 Å². The number of carbonyl (C=O) groups excluding carboxylic acids is 2. The molecule has 3 aromatic carbocycles. The number of nitrogens with zero attached hydrogens (tertiary/aromatic N) is 3. The van der Waals surface area contributed by atoms with Gasteiger partial charge in [0.1, 0.15) is 0 Å². The highest BCUT2D eigenvalue weighted by Crippen LogP contribution is 2.18. The lowest BCUT2D eigenvalue weighted by Gasteiger charge is -2.23. The molecule has 0 aliphatic rings. The van der Waals surface area contributed by atoms with Gasteiger partial charge in [0.2, 0.25) is 11.7 Å². The van der Waals surface area contributed by atoms with Gasteiger partial charge in [-0.1, -0.05) is 66.7 Å². The molecule has 1 heterocycles. The van der Waals surface area contributed by atoms with Crippen molar-refractivity contribution in [3.05, 3.63) is 108 Å². The summed E-state index contributed by atoms with van der Waals surface area (Å²) >= 11 is 0. The van der Waals surface area contributed by atoms with Crippen LogP contribution in [0.3, 0.4) is 0 Å². The van der Waals surface area contributed by atoms with Gasteiger partial charge in [-0.3, -0.25) is 9.59 Å². The Bertz CT molecular complexity index is 1160. The van der Waals surface area contributed by atoms with E-state index < -0.39 is 0 Å². The quantitative estimate of drug-likeness (QED) is 0.343. The second kappa shape index (κ2) is 9.09. The fourth-order valence-electron chi connectivity index (χ4n) is 3.36. The lowest BCUT2D eigenvalue weighted by Crippen LogP contribution is -2.32. The molecule has 0 atom stereocenters. The summed E-state index contributed by atoms with van der Waals surface area (Å²) < 4.78 is 0. The Kier molecular flexibility index (Phi) is 5.90. The third-order valence-corrected chi connectivity index (χ3v) is 4.88. The van der Waals surface area contributed by atoms with Crippen molar-refractivity contribution in [2.24, 2.45) is 0 Å². The Balaban J connectivity index is 1.56. The van der Waals surface area contributed by atoms with Gasteiger partial charge in [-0.25, -0.2) is 9.97 Å². The van der Waals surface area contributed by atoms with Crippen LogP contribution in [0.4, 0.5) is 0 Å². The van der Waals surface area contributed by atoms with Crippen molar-refractivity contribution in [2.75, 3.05) is 0 Å². The summed E-state index contributed by atoms with van der Waals surface area (Å²) in [5, 5.41) is 2.27. The van der Waals surface area contributed by atoms with E-state index in [1.54, 1.807) is 11.0 Å². The minimum atomic E-state index is -0.378. The van der Waals surface area contributed by atoms with E-state index in [0.29, 0.717) is 13.1 Å². The SMILES string of the molecule is O=C(CC(=O)N(Cc1ccccc1)Cc1ccc2ccccc2c1)c1ncccn1. The molecule has 4 aromatic rings. The van der Waals surface area contributed by atoms with Crippen LogP contribution in [0.25, 0.3) is 10.8 Å². The first-order chi connectivity index (χ1) is 14.7. The van der Waals surface area contributed by atoms with E-state index >= 15 is 0 Å². The third-order valence-electron chi connectivity index (χ3n) is 4.88. The van der Waals surface area contributed by atoms with Gasteiger partial charge < -0.3 is 4.90 Å². The van der Waals surface area contributed by atoms with E-state index in [0.717, 1.165) is 21.9 Å². The molecule has 0 spiro atoms. The van der Waals surface area contributed by atoms with Gasteiger partial charge in [0.05, 0.1) is 6.42 Å². The largest absolute Gasteiger partial charge is 0.334 e. The summed E-state index contributed by atoms with van der Waals surface area (Å²) in [7, 11) is 0. The minimum absolute atomic E-state index is 0.0659. The number of amides is 1. The number of carbonyl (C=O) groups is 2. The van der Waals surface area contributed by atoms with Crippen LogP contribution in [0, 0.1) is 0 Å². The zero-order valence-electron chi connectivity index (χ0n) is 16.4. The molecule has 0 saturated carbocycles. The van der Waals surface area contributed by atoms with Crippen LogP contribution >= 0.6 is 0 Å². The normalized spacial score (nSPS) is 10.7. The number of rotatable bonds is 7. The summed E-state index contributed by atoms with van der Waals surface area (Å²) in [6.45, 7) is 0.844. The number of fused-ring (bicyclic) bond motifs is 1. The van der Waals surface area contributed by atoms with Crippen molar-refractivity contribution in [1.29, 1.82) is 0 Å². The molecule has 4 rings (SSSR count). The highest BCUT2D eigenvalue weighted by Gasteiger charge is 2.20. The van der Waals surface area contributed by atoms with E-state index in [-0.39, 0.29) is 23.9 Å². The van der Waals surface area contributed by atoms with Gasteiger partial charge in [0.15, 0.2) is 5.82 Å². The highest BCUT2D eigenvalue weighted by atomic mass is 16.2. The van der Waals surface area contributed by atoms with Crippen LogP contribution in [0.15, 0.2) is 91.3 Å². The number of Topliss-reactive ketones (excluding diaryl/α,β-unsaturated/α-hetero) is 1. The first kappa shape index (κ1) is 19.5. The topological polar surface area (TPSA) is 63.2 Å². The van der Waals surface area contributed by atoms with Gasteiger partial charge in [-0.05, 0) is 34.0 Å². The molecule has 0 radical (unpaired) electrons. The van der Waals surface area contributed by atoms with Crippen LogP contribution in [0.5, 0.6) is 0 Å². The third kappa shape index (κ3) is 4.75. The Labute approximate surface area is 175 Å². The molecule has 0 N–H and O–H groups in total. The maximum Gasteiger partial charge on any atom is 0.231 e. The number of benzene rings is 3. The predicted molar refractivity (Wildman–Crippen MR) is 116 cm³/mol. The fourth-order valence-corrected chi connectivity index (χ4v) is 3.36. The van der Waals surface area contributed by atoms with Crippen molar-refractivity contribution >= 4 is 22.5 Å². The van der Waals surface area contributed by atoms with Crippen LogP contribution in [-0.2, 0) is 17.9 Å². The molecule has 1 amide bonds. The molecule has 0 fully saturated rings. The second-order valence-electron chi connectivity index (χ2n) is 7.09. The molecule has 0 bridgehead atoms. The maximum absolute atomic E-state index is 13.0. The van der Waals surface area contributed by atoms with E-state index in [1.807, 2.05) is 48.5 Å². The lowest BCUT2D eigenvalue weighted by molar-refractivity contribution is -0.131. The molecule has 0 aliphatic carbocycles. The molecular formula is C25H21N3O2. The average Bonchev–Trinajstić information content (AvgIpc) is 2.80. The first-order valence-corrected chi connectivity index (χ1v) is 9.78. The number of aromatic nitrogens is 2. The predicted octanol–water partition coefficient (Wildman–Crippen LogP) is 4.43. The first-order valence-electron chi connectivity index (χ1n) is 9.78. The Morgan fingerprint density at radius 1 is 0.700 bits per heavy atom. The molecule has 1 aromatic heterocycles. The molecule has 148 valence electrons. The molecule has 0 aliphatic heterocycles. The van der Waals surface area contributed by atoms with Crippen LogP contribution in [-0.4, -0.2) is 26.6 Å². The van der Waals surface area contributed by atoms with Crippen molar-refractivity contribution < 1.29 is 9.59 Å². The molecule has 0 saturated heterocycles. The Morgan fingerprint density at radius 2 is 1.37 bits per heavy atom. The van der Waals surface area contributed by atoms with Crippen LogP contribution in [0.1, 0.15) is 28.2 Å². The smallest absolute Gasteiger partial charge is 0.231 e. The van der Waals surface area contributed by atoms with Crippen molar-refractivity contribution in [2.45, 2.75) is 19.5 Å². The van der Waals surface area contributed by atoms with E-state index in [9.17, 15) is 9.59 Å². The fraction of sp³-hybridized carbons (Fsp3) is 0.120. The molecular weight excluding hydrogens is 374 g/mol. The van der Waals surface area contributed by atoms with Crippen molar-refractivity contribution in [1.82, 2.24) is 14.9 Å². The summed E-state index contributed by atoms with van der Waals surface area (Å²) in [4.78, 5) is 35.1. The van der Waals surface area contributed by atoms with Crippen LogP contribution < -0.4 is 0 Å². The average molecular weight is 395 g/mol. The van der Waals surface area contributed by atoms with Gasteiger partial charge >= 0.3 is 0 Å². The van der Waals surface area contributed by atoms with Gasteiger partial charge in [0.25, 0.3) is 0 Å². The zero-order chi connectivity index (χ0) is 20.8. The number of hydrogen-bond donors (Lipinski definition) is 0. The number of ketones is 1. The van der Waals surface area contributed by atoms with E-state index in [4.69, 9.17) is 0 Å². The Hall–Kier alpha value is -3.86. The maximum atomic E-state index is 13.0. The minimum Gasteiger partial charge on any atom is -0.334 e. The van der Waals surface area contributed by atoms with Gasteiger partial charge in [-0.2, -0.15) is 0 Å². The van der Waals surface area contributed by atoms with Crippen molar-refractivity contribution in [3.8, 4) is 0 Å². The zero-order valence-corrected chi connectivity index (χ0v) is 16.4. The Morgan fingerprint density at radius 3 is 2.13 bits per heavy atom. The van der Waals surface area contributed by atoms with Gasteiger partial charge in [-0.15, -0.1) is 0 Å². The molecule has 5 heteroatoms. The number of hydrogen-bond acceptors (Lipinski definition) is 4. The molecule has 5 nitrogen and oxygen atoms in total. The van der Waals surface area contributed by atoms with Gasteiger partial charge in [0, 0.05) is 25.5 Å². The monoisotopic (exact) mass is 395 g/mol. The summed E-state index contributed by atoms with van der Waals surface area (Å²) in [5.41, 5.74) is 2.02. The highest BCUT2D eigenvalue weighted by molar-refractivity contribution is 6.05. The molecule has 0 unspecified atom stereocenters. The standard InChI is InChI=1S/C25H21N3O2/c29-23(25-26-13-6-14-27-25)16-24(30)28(17-19-7-2-1-3-8-19)18-20-11-12-21-9-4-5-10-22(21)15-20/h1-15H,16-18H2.